The Labute approximate surface area is 231 Å². The van der Waals surface area contributed by atoms with Crippen molar-refractivity contribution in [3.8, 4) is 5.75 Å². The van der Waals surface area contributed by atoms with E-state index in [1.165, 1.54) is 9.80 Å². The van der Waals surface area contributed by atoms with E-state index < -0.39 is 24.2 Å². The summed E-state index contributed by atoms with van der Waals surface area (Å²) in [5, 5.41) is 39.9. The Morgan fingerprint density at radius 1 is 1.15 bits per heavy atom. The number of halogens is 1. The number of anilines is 1. The Kier molecular flexibility index (Phi) is 8.63. The molecule has 2 aromatic carbocycles. The van der Waals surface area contributed by atoms with Gasteiger partial charge in [0.2, 0.25) is 11.8 Å². The predicted molar refractivity (Wildman–Crippen MR) is 148 cm³/mol. The highest BCUT2D eigenvalue weighted by Crippen LogP contribution is 2.33. The molecule has 0 bridgehead atoms. The number of amidine groups is 2. The lowest BCUT2D eigenvalue weighted by atomic mass is 9.99. The van der Waals surface area contributed by atoms with Gasteiger partial charge in [0.05, 0.1) is 37.1 Å². The van der Waals surface area contributed by atoms with Gasteiger partial charge in [-0.25, -0.2) is 0 Å². The van der Waals surface area contributed by atoms with E-state index in [2.05, 4.69) is 5.32 Å². The highest BCUT2D eigenvalue weighted by molar-refractivity contribution is 6.31. The molecule has 1 fully saturated rings. The van der Waals surface area contributed by atoms with Crippen LogP contribution < -0.4 is 15.0 Å². The number of benzene rings is 2. The number of amides is 2. The van der Waals surface area contributed by atoms with Crippen molar-refractivity contribution in [2.45, 2.75) is 38.0 Å². The molecule has 206 valence electrons. The van der Waals surface area contributed by atoms with E-state index in [1.807, 2.05) is 0 Å². The van der Waals surface area contributed by atoms with Gasteiger partial charge in [-0.05, 0) is 37.3 Å². The van der Waals surface area contributed by atoms with Gasteiger partial charge in [0.1, 0.15) is 23.5 Å². The van der Waals surface area contributed by atoms with Crippen LogP contribution in [0.25, 0.3) is 0 Å². The maximum absolute atomic E-state index is 12.9. The number of methoxy groups -OCH3 is 1. The maximum Gasteiger partial charge on any atom is 0.224 e. The van der Waals surface area contributed by atoms with Crippen molar-refractivity contribution in [2.75, 3.05) is 31.6 Å². The van der Waals surface area contributed by atoms with Crippen molar-refractivity contribution in [2.24, 2.45) is 4.99 Å². The third-order valence-electron chi connectivity index (χ3n) is 6.65. The van der Waals surface area contributed by atoms with Gasteiger partial charge in [0.25, 0.3) is 0 Å². The van der Waals surface area contributed by atoms with Gasteiger partial charge in [-0.3, -0.25) is 30.3 Å². The third-order valence-corrected chi connectivity index (χ3v) is 6.90. The first-order chi connectivity index (χ1) is 18.6. The smallest absolute Gasteiger partial charge is 0.224 e. The van der Waals surface area contributed by atoms with Gasteiger partial charge in [-0.1, -0.05) is 23.7 Å². The van der Waals surface area contributed by atoms with Gasteiger partial charge >= 0.3 is 0 Å². The van der Waals surface area contributed by atoms with Crippen LogP contribution in [-0.2, 0) is 9.59 Å². The zero-order valence-corrected chi connectivity index (χ0v) is 22.4. The molecule has 39 heavy (non-hydrogen) atoms. The molecule has 2 aliphatic rings. The first kappa shape index (κ1) is 28.2. The Morgan fingerprint density at radius 2 is 1.82 bits per heavy atom. The first-order valence-corrected chi connectivity index (χ1v) is 12.8. The number of nitrogens with one attached hydrogen (secondary N) is 3. The summed E-state index contributed by atoms with van der Waals surface area (Å²) < 4.78 is 5.43. The molecule has 2 heterocycles. The number of hydrogen-bond donors (Lipinski definition) is 5. The van der Waals surface area contributed by atoms with Crippen LogP contribution in [0.2, 0.25) is 5.02 Å². The fourth-order valence-electron chi connectivity index (χ4n) is 4.62. The van der Waals surface area contributed by atoms with Crippen LogP contribution in [0.5, 0.6) is 5.75 Å². The lowest BCUT2D eigenvalue weighted by Gasteiger charge is -2.26. The minimum atomic E-state index is -0.971. The first-order valence-electron chi connectivity index (χ1n) is 12.5. The van der Waals surface area contributed by atoms with E-state index in [9.17, 15) is 19.8 Å². The number of benzodiazepines with no additional fused rings is 1. The average molecular weight is 555 g/mol. The average Bonchev–Trinajstić information content (AvgIpc) is 3.19. The number of likely N-dealkylation sites (tertiary alicyclic amines) is 1. The minimum absolute atomic E-state index is 0.00352. The van der Waals surface area contributed by atoms with E-state index in [-0.39, 0.29) is 50.1 Å². The molecule has 0 radical (unpaired) electrons. The van der Waals surface area contributed by atoms with Crippen LogP contribution in [0.4, 0.5) is 5.69 Å². The summed E-state index contributed by atoms with van der Waals surface area (Å²) in [6.07, 6.45) is -2.12. The van der Waals surface area contributed by atoms with Crippen LogP contribution in [0.3, 0.4) is 0 Å². The molecule has 0 aromatic heterocycles. The van der Waals surface area contributed by atoms with Crippen LogP contribution in [0, 0.1) is 10.8 Å². The topological polar surface area (TPSA) is 162 Å². The number of carbonyl (C=O) groups is 2. The largest absolute Gasteiger partial charge is 0.497 e. The monoisotopic (exact) mass is 554 g/mol. The Balaban J connectivity index is 1.58. The van der Waals surface area contributed by atoms with E-state index in [0.717, 1.165) is 5.56 Å². The number of nitrogens with zero attached hydrogens (tertiary/aromatic N) is 3. The number of ether oxygens (including phenoxy) is 1. The second-order valence-electron chi connectivity index (χ2n) is 9.43. The second-order valence-corrected chi connectivity index (χ2v) is 9.86. The fraction of sp³-hybridized carbons (Fsp3) is 0.370. The summed E-state index contributed by atoms with van der Waals surface area (Å²) in [7, 11) is 1.55. The lowest BCUT2D eigenvalue weighted by Crippen LogP contribution is -2.42. The standard InChI is InChI=1S/C27H31ClN6O5/c1-15(29)34-21-8-7-18(39-2)11-19(21)26(16-3-5-17(28)6-4-16)32-20(27(34)30)12-24(37)31-10-9-25(38)33-13-22(35)23(36)14-33/h3-8,11,20,22-23,29-30,35-36H,9-10,12-14H2,1-2H3,(H,31,37)/t20-,22-,23+/m0/s1. The fourth-order valence-corrected chi connectivity index (χ4v) is 4.75. The molecule has 12 heteroatoms. The number of aliphatic imine (C=N–C) groups is 1. The highest BCUT2D eigenvalue weighted by atomic mass is 35.5. The summed E-state index contributed by atoms with van der Waals surface area (Å²) in [6, 6.07) is 11.4. The van der Waals surface area contributed by atoms with E-state index in [4.69, 9.17) is 32.1 Å². The number of rotatable bonds is 7. The number of carbonyl (C=O) groups excluding carboxylic acids is 2. The van der Waals surface area contributed by atoms with Crippen molar-refractivity contribution in [1.29, 1.82) is 10.8 Å². The Morgan fingerprint density at radius 3 is 2.44 bits per heavy atom. The third kappa shape index (κ3) is 6.27. The summed E-state index contributed by atoms with van der Waals surface area (Å²) in [5.74, 6) is -0.0759. The SMILES string of the molecule is COc1ccc2c(c1)C(c1ccc(Cl)cc1)=N[C@@H](CC(=O)NCCC(=O)N1C[C@@H](O)[C@@H](O)C1)C(=N)N2C(C)=N. The van der Waals surface area contributed by atoms with E-state index in [1.54, 1.807) is 56.5 Å². The molecule has 0 spiro atoms. The quantitative estimate of drug-likeness (QED) is 0.259. The number of β-amino-alcohol motifs (C(OH)–C–C–N with tert-alkyl or cyclic N) is 2. The zero-order valence-electron chi connectivity index (χ0n) is 21.6. The van der Waals surface area contributed by atoms with Crippen molar-refractivity contribution in [3.05, 3.63) is 58.6 Å². The number of aliphatic hydroxyl groups excluding tert-OH is 2. The molecule has 11 nitrogen and oxygen atoms in total. The van der Waals surface area contributed by atoms with Crippen LogP contribution >= 0.6 is 11.6 Å². The van der Waals surface area contributed by atoms with E-state index in [0.29, 0.717) is 27.7 Å². The van der Waals surface area contributed by atoms with Gasteiger partial charge in [0.15, 0.2) is 0 Å². The molecular formula is C27H31ClN6O5. The molecule has 3 atom stereocenters. The summed E-state index contributed by atoms with van der Waals surface area (Å²) in [6.45, 7) is 1.72. The van der Waals surface area contributed by atoms with Gasteiger partial charge in [-0.2, -0.15) is 0 Å². The van der Waals surface area contributed by atoms with Gasteiger partial charge in [-0.15, -0.1) is 0 Å². The summed E-state index contributed by atoms with van der Waals surface area (Å²) in [5.41, 5.74) is 2.44. The molecule has 0 unspecified atom stereocenters. The van der Waals surface area contributed by atoms with Crippen LogP contribution in [0.1, 0.15) is 30.9 Å². The molecule has 0 aliphatic carbocycles. The molecular weight excluding hydrogens is 524 g/mol. The van der Waals surface area contributed by atoms with Crippen LogP contribution in [-0.4, -0.2) is 89.3 Å². The number of fused-ring (bicyclic) bond motifs is 1. The van der Waals surface area contributed by atoms with Gasteiger partial charge < -0.3 is 25.2 Å². The normalized spacial score (nSPS) is 20.7. The number of aliphatic hydroxyl groups is 2. The summed E-state index contributed by atoms with van der Waals surface area (Å²) in [4.78, 5) is 32.9. The number of hydrogen-bond acceptors (Lipinski definition) is 8. The molecule has 2 aliphatic heterocycles. The van der Waals surface area contributed by atoms with Crippen LogP contribution in [0.15, 0.2) is 47.5 Å². The minimum Gasteiger partial charge on any atom is -0.497 e. The molecule has 5 N–H and O–H groups in total. The van der Waals surface area contributed by atoms with Crippen molar-refractivity contribution in [3.63, 3.8) is 0 Å². The van der Waals surface area contributed by atoms with Crippen molar-refractivity contribution in [1.82, 2.24) is 10.2 Å². The lowest BCUT2D eigenvalue weighted by molar-refractivity contribution is -0.130. The van der Waals surface area contributed by atoms with E-state index >= 15 is 0 Å². The highest BCUT2D eigenvalue weighted by Gasteiger charge is 2.33. The molecule has 2 amide bonds. The Bertz CT molecular complexity index is 1300. The molecule has 0 saturated carbocycles. The Hall–Kier alpha value is -3.80. The predicted octanol–water partition coefficient (Wildman–Crippen LogP) is 1.81. The molecule has 1 saturated heterocycles. The maximum atomic E-state index is 12.9. The van der Waals surface area contributed by atoms with Crippen molar-refractivity contribution >= 4 is 46.5 Å². The molecule has 4 rings (SSSR count). The van der Waals surface area contributed by atoms with Gasteiger partial charge in [0, 0.05) is 42.2 Å². The summed E-state index contributed by atoms with van der Waals surface area (Å²) >= 11 is 6.11. The van der Waals surface area contributed by atoms with Crippen molar-refractivity contribution < 1.29 is 24.5 Å². The zero-order chi connectivity index (χ0) is 28.3. The molecule has 2 aromatic rings. The second kappa shape index (κ2) is 11.9.